The van der Waals surface area contributed by atoms with Crippen LogP contribution in [-0.4, -0.2) is 25.3 Å². The maximum Gasteiger partial charge on any atom is 0.264 e. The molecule has 0 unspecified atom stereocenters. The van der Waals surface area contributed by atoms with Crippen molar-refractivity contribution >= 4 is 32.7 Å². The Balaban J connectivity index is 1.47. The molecule has 7 rings (SSSR count). The summed E-state index contributed by atoms with van der Waals surface area (Å²) in [7, 11) is -2.33. The minimum atomic E-state index is -3.90. The summed E-state index contributed by atoms with van der Waals surface area (Å²) in [4.78, 5) is 0.224. The van der Waals surface area contributed by atoms with Gasteiger partial charge in [0.25, 0.3) is 10.0 Å². The quantitative estimate of drug-likeness (QED) is 0.296. The molecule has 0 N–H and O–H groups in total. The summed E-state index contributed by atoms with van der Waals surface area (Å²) in [6.07, 6.45) is 6.23. The van der Waals surface area contributed by atoms with Gasteiger partial charge >= 0.3 is 0 Å². The number of nitrogens with zero attached hydrogens (tertiary/aromatic N) is 3. The monoisotopic (exact) mass is 505 g/mol. The van der Waals surface area contributed by atoms with Crippen LogP contribution in [0.25, 0.3) is 22.7 Å². The maximum absolute atomic E-state index is 14.3. The van der Waals surface area contributed by atoms with E-state index in [1.54, 1.807) is 35.7 Å². The van der Waals surface area contributed by atoms with E-state index < -0.39 is 16.1 Å². The summed E-state index contributed by atoms with van der Waals surface area (Å²) in [5, 5.41) is 5.85. The number of anilines is 1. The average molecular weight is 506 g/mol. The molecule has 1 aliphatic heterocycles. The summed E-state index contributed by atoms with van der Waals surface area (Å²) in [6.45, 7) is 0. The number of benzene rings is 4. The van der Waals surface area contributed by atoms with Crippen molar-refractivity contribution in [3.05, 3.63) is 120 Å². The van der Waals surface area contributed by atoms with Gasteiger partial charge in [0, 0.05) is 23.1 Å². The summed E-state index contributed by atoms with van der Waals surface area (Å²) in [5.41, 5.74) is 5.40. The van der Waals surface area contributed by atoms with Crippen molar-refractivity contribution in [2.24, 2.45) is 0 Å². The van der Waals surface area contributed by atoms with Crippen LogP contribution in [0.4, 0.5) is 5.69 Å². The van der Waals surface area contributed by atoms with E-state index in [0.717, 1.165) is 33.3 Å². The lowest BCUT2D eigenvalue weighted by molar-refractivity contribution is 0.414. The number of sulfonamides is 1. The third-order valence-electron chi connectivity index (χ3n) is 7.30. The number of hydrogen-bond acceptors (Lipinski definition) is 4. The number of methoxy groups -OCH3 is 1. The summed E-state index contributed by atoms with van der Waals surface area (Å²) < 4.78 is 37.3. The van der Waals surface area contributed by atoms with Crippen LogP contribution in [0.1, 0.15) is 28.7 Å². The highest BCUT2D eigenvalue weighted by Crippen LogP contribution is 2.56. The minimum Gasteiger partial charge on any atom is -0.497 e. The number of rotatable bonds is 4. The van der Waals surface area contributed by atoms with Gasteiger partial charge in [-0.15, -0.1) is 0 Å². The third-order valence-corrected chi connectivity index (χ3v) is 9.11. The fourth-order valence-electron chi connectivity index (χ4n) is 5.62. The first-order chi connectivity index (χ1) is 18.1. The van der Waals surface area contributed by atoms with Gasteiger partial charge < -0.3 is 4.74 Å². The Hall–Kier alpha value is -4.36. The third kappa shape index (κ3) is 3.24. The molecule has 5 aromatic rings. The Morgan fingerprint density at radius 2 is 1.59 bits per heavy atom. The van der Waals surface area contributed by atoms with E-state index in [0.29, 0.717) is 11.4 Å². The second-order valence-corrected chi connectivity index (χ2v) is 11.1. The summed E-state index contributed by atoms with van der Waals surface area (Å²) in [5.74, 6) is 0.444. The topological polar surface area (TPSA) is 64.4 Å². The number of hydrogen-bond donors (Lipinski definition) is 0. The van der Waals surface area contributed by atoms with Gasteiger partial charge in [0.05, 0.1) is 34.9 Å². The Labute approximate surface area is 215 Å². The van der Waals surface area contributed by atoms with Crippen molar-refractivity contribution in [2.75, 3.05) is 11.4 Å². The highest BCUT2D eigenvalue weighted by atomic mass is 32.2. The number of aromatic nitrogens is 2. The van der Waals surface area contributed by atoms with E-state index in [2.05, 4.69) is 12.2 Å². The van der Waals surface area contributed by atoms with E-state index in [-0.39, 0.29) is 10.8 Å². The van der Waals surface area contributed by atoms with Gasteiger partial charge in [-0.05, 0) is 53.6 Å². The lowest BCUT2D eigenvalue weighted by atomic mass is 9.83. The largest absolute Gasteiger partial charge is 0.497 e. The second kappa shape index (κ2) is 8.08. The van der Waals surface area contributed by atoms with E-state index in [1.807, 2.05) is 77.6 Å². The zero-order valence-corrected chi connectivity index (χ0v) is 20.8. The molecule has 0 bridgehead atoms. The van der Waals surface area contributed by atoms with Crippen molar-refractivity contribution in [2.45, 2.75) is 16.9 Å². The highest BCUT2D eigenvalue weighted by Gasteiger charge is 2.47. The standard InChI is InChI=1S/C30H23N3O3S/c1-36-22-14-16-23(17-15-22)37(34,35)33-28-12-6-11-27(32-19-21-8-3-5-10-26(21)31-32)29(28)25-18-13-20-7-2-4-9-24(20)30(25)33/h2-19,25,30H,1H3/t25-,30-/m1/s1. The molecule has 0 saturated carbocycles. The predicted octanol–water partition coefficient (Wildman–Crippen LogP) is 6.09. The molecule has 2 atom stereocenters. The summed E-state index contributed by atoms with van der Waals surface area (Å²) in [6, 6.07) is 28.0. The maximum atomic E-state index is 14.3. The van der Waals surface area contributed by atoms with Gasteiger partial charge in [-0.1, -0.05) is 60.7 Å². The Morgan fingerprint density at radius 3 is 2.41 bits per heavy atom. The smallest absolute Gasteiger partial charge is 0.264 e. The molecule has 0 saturated heterocycles. The van der Waals surface area contributed by atoms with Crippen molar-refractivity contribution in [3.63, 3.8) is 0 Å². The molecule has 0 amide bonds. The fraction of sp³-hybridized carbons (Fsp3) is 0.100. The van der Waals surface area contributed by atoms with E-state index in [9.17, 15) is 8.42 Å². The molecule has 0 radical (unpaired) electrons. The number of ether oxygens (including phenoxy) is 1. The van der Waals surface area contributed by atoms with Crippen LogP contribution in [0.2, 0.25) is 0 Å². The van der Waals surface area contributed by atoms with E-state index in [4.69, 9.17) is 9.84 Å². The van der Waals surface area contributed by atoms with Crippen LogP contribution >= 0.6 is 0 Å². The minimum absolute atomic E-state index is 0.165. The van der Waals surface area contributed by atoms with Crippen molar-refractivity contribution in [1.29, 1.82) is 0 Å². The lowest BCUT2D eigenvalue weighted by Crippen LogP contribution is -2.34. The molecule has 7 heteroatoms. The van der Waals surface area contributed by atoms with Crippen LogP contribution in [0, 0.1) is 0 Å². The summed E-state index contributed by atoms with van der Waals surface area (Å²) >= 11 is 0. The molecule has 182 valence electrons. The first-order valence-electron chi connectivity index (χ1n) is 12.1. The predicted molar refractivity (Wildman–Crippen MR) is 145 cm³/mol. The molecule has 1 aromatic heterocycles. The normalized spacial score (nSPS) is 17.9. The first kappa shape index (κ1) is 21.9. The fourth-order valence-corrected chi connectivity index (χ4v) is 7.29. The molecule has 4 aromatic carbocycles. The van der Waals surface area contributed by atoms with Gasteiger partial charge in [-0.25, -0.2) is 13.1 Å². The van der Waals surface area contributed by atoms with Crippen molar-refractivity contribution in [1.82, 2.24) is 9.78 Å². The van der Waals surface area contributed by atoms with Gasteiger partial charge in [0.1, 0.15) is 5.75 Å². The van der Waals surface area contributed by atoms with Crippen LogP contribution in [0.5, 0.6) is 5.75 Å². The molecule has 37 heavy (non-hydrogen) atoms. The van der Waals surface area contributed by atoms with Crippen LogP contribution in [-0.2, 0) is 10.0 Å². The highest BCUT2D eigenvalue weighted by molar-refractivity contribution is 7.92. The van der Waals surface area contributed by atoms with E-state index >= 15 is 0 Å². The zero-order chi connectivity index (χ0) is 25.1. The first-order valence-corrected chi connectivity index (χ1v) is 13.5. The Kier molecular flexibility index (Phi) is 4.78. The SMILES string of the molecule is COc1ccc(S(=O)(=O)N2c3cccc(-n4cc5ccccc5n4)c3[C@H]3C=Cc4ccccc4[C@H]32)cc1. The average Bonchev–Trinajstić information content (AvgIpc) is 3.53. The van der Waals surface area contributed by atoms with Gasteiger partial charge in [-0.3, -0.25) is 4.31 Å². The second-order valence-electron chi connectivity index (χ2n) is 9.28. The molecule has 0 spiro atoms. The van der Waals surface area contributed by atoms with Crippen LogP contribution in [0.3, 0.4) is 0 Å². The van der Waals surface area contributed by atoms with Gasteiger partial charge in [-0.2, -0.15) is 5.10 Å². The van der Waals surface area contributed by atoms with Gasteiger partial charge in [0.2, 0.25) is 0 Å². The molecule has 2 heterocycles. The molecular formula is C30H23N3O3S. The number of fused-ring (bicyclic) bond motifs is 6. The zero-order valence-electron chi connectivity index (χ0n) is 20.0. The van der Waals surface area contributed by atoms with Gasteiger partial charge in [0.15, 0.2) is 0 Å². The van der Waals surface area contributed by atoms with E-state index in [1.165, 1.54) is 0 Å². The molecule has 6 nitrogen and oxygen atoms in total. The molecular weight excluding hydrogens is 482 g/mol. The molecule has 1 aliphatic carbocycles. The van der Waals surface area contributed by atoms with Crippen LogP contribution in [0.15, 0.2) is 108 Å². The van der Waals surface area contributed by atoms with Crippen molar-refractivity contribution in [3.8, 4) is 11.4 Å². The van der Waals surface area contributed by atoms with Crippen molar-refractivity contribution < 1.29 is 13.2 Å². The molecule has 2 aliphatic rings. The molecule has 0 fully saturated rings. The Bertz CT molecular complexity index is 1770. The lowest BCUT2D eigenvalue weighted by Gasteiger charge is -2.32. The van der Waals surface area contributed by atoms with Crippen LogP contribution < -0.4 is 9.04 Å². The Morgan fingerprint density at radius 1 is 0.838 bits per heavy atom.